The molecule has 1 aliphatic heterocycles. The molecule has 1 atom stereocenters. The Bertz CT molecular complexity index is 1230. The van der Waals surface area contributed by atoms with E-state index in [2.05, 4.69) is 24.9 Å². The molecular formula is C21H19F5N6O3. The molecular weight excluding hydrogens is 479 g/mol. The highest BCUT2D eigenvalue weighted by atomic mass is 19.4. The summed E-state index contributed by atoms with van der Waals surface area (Å²) in [6.45, 7) is 0.457. The van der Waals surface area contributed by atoms with Crippen molar-refractivity contribution in [3.8, 4) is 29.0 Å². The third kappa shape index (κ3) is 5.15. The fraction of sp³-hybridized carbons (Fsp3) is 0.381. The van der Waals surface area contributed by atoms with Gasteiger partial charge >= 0.3 is 18.1 Å². The molecule has 0 aromatic carbocycles. The van der Waals surface area contributed by atoms with Gasteiger partial charge in [0.05, 0.1) is 44.1 Å². The Labute approximate surface area is 195 Å². The second-order valence-electron chi connectivity index (χ2n) is 7.57. The zero-order valence-electron chi connectivity index (χ0n) is 18.7. The summed E-state index contributed by atoms with van der Waals surface area (Å²) in [4.78, 5) is 21.6. The van der Waals surface area contributed by atoms with Crippen LogP contribution in [-0.4, -0.2) is 64.3 Å². The number of rotatable bonds is 6. The first-order valence-corrected chi connectivity index (χ1v) is 10.1. The van der Waals surface area contributed by atoms with Crippen LogP contribution in [0, 0.1) is 6.92 Å². The number of alkyl halides is 5. The second-order valence-corrected chi connectivity index (χ2v) is 7.57. The fourth-order valence-electron chi connectivity index (χ4n) is 3.48. The summed E-state index contributed by atoms with van der Waals surface area (Å²) >= 11 is 0. The molecule has 3 aromatic heterocycles. The molecule has 4 rings (SSSR count). The van der Waals surface area contributed by atoms with E-state index in [-0.39, 0.29) is 30.1 Å². The lowest BCUT2D eigenvalue weighted by Gasteiger charge is -2.19. The minimum Gasteiger partial charge on any atom is -0.480 e. The molecule has 1 aliphatic rings. The van der Waals surface area contributed by atoms with Crippen LogP contribution in [0.3, 0.4) is 0 Å². The number of hydrogen-bond acceptors (Lipinski definition) is 9. The third-order valence-electron chi connectivity index (χ3n) is 5.12. The smallest absolute Gasteiger partial charge is 0.416 e. The first-order valence-electron chi connectivity index (χ1n) is 10.1. The van der Waals surface area contributed by atoms with Gasteiger partial charge in [-0.05, 0) is 13.0 Å². The molecule has 0 spiro atoms. The average molecular weight is 498 g/mol. The first kappa shape index (κ1) is 24.3. The van der Waals surface area contributed by atoms with Gasteiger partial charge in [-0.3, -0.25) is 0 Å². The van der Waals surface area contributed by atoms with Crippen molar-refractivity contribution in [1.29, 1.82) is 0 Å². The predicted molar refractivity (Wildman–Crippen MR) is 112 cm³/mol. The van der Waals surface area contributed by atoms with E-state index in [4.69, 9.17) is 14.2 Å². The van der Waals surface area contributed by atoms with E-state index < -0.39 is 36.2 Å². The number of pyridine rings is 1. The molecule has 0 saturated carbocycles. The second kappa shape index (κ2) is 9.07. The van der Waals surface area contributed by atoms with E-state index >= 15 is 0 Å². The van der Waals surface area contributed by atoms with E-state index in [0.29, 0.717) is 17.3 Å². The average Bonchev–Trinajstić information content (AvgIpc) is 3.11. The molecule has 35 heavy (non-hydrogen) atoms. The van der Waals surface area contributed by atoms with Gasteiger partial charge in [-0.2, -0.15) is 18.2 Å². The van der Waals surface area contributed by atoms with Crippen molar-refractivity contribution in [1.82, 2.24) is 24.9 Å². The van der Waals surface area contributed by atoms with Crippen LogP contribution in [0.5, 0.6) is 17.8 Å². The number of anilines is 1. The van der Waals surface area contributed by atoms with E-state index in [9.17, 15) is 22.0 Å². The number of ether oxygens (including phenoxy) is 3. The Morgan fingerprint density at radius 1 is 1.06 bits per heavy atom. The standard InChI is InChI=1S/C21H19F5N6O3/c1-11-29-14(13-8-28-19(34-3)31-18(13)33-2)7-16(30-11)32-9-15(20(22,23)10-32)35-17-6-12(4-5-27-17)21(24,25)26/h4-8,15H,9-10H2,1-3H3/t15-/m0/s1. The lowest BCUT2D eigenvalue weighted by Crippen LogP contribution is -2.36. The molecule has 0 amide bonds. The summed E-state index contributed by atoms with van der Waals surface area (Å²) < 4.78 is 83.8. The Morgan fingerprint density at radius 2 is 1.83 bits per heavy atom. The summed E-state index contributed by atoms with van der Waals surface area (Å²) in [5.74, 6) is -3.35. The van der Waals surface area contributed by atoms with Crippen molar-refractivity contribution in [3.63, 3.8) is 0 Å². The number of hydrogen-bond donors (Lipinski definition) is 0. The van der Waals surface area contributed by atoms with Gasteiger partial charge in [-0.25, -0.2) is 28.7 Å². The number of aromatic nitrogens is 5. The van der Waals surface area contributed by atoms with Crippen molar-refractivity contribution in [2.24, 2.45) is 0 Å². The van der Waals surface area contributed by atoms with Gasteiger partial charge < -0.3 is 19.1 Å². The van der Waals surface area contributed by atoms with Crippen LogP contribution in [0.25, 0.3) is 11.3 Å². The molecule has 0 N–H and O–H groups in total. The van der Waals surface area contributed by atoms with Gasteiger partial charge in [0.15, 0.2) is 6.10 Å². The van der Waals surface area contributed by atoms with E-state index in [1.807, 2.05) is 0 Å². The normalized spacial score (nSPS) is 17.4. The van der Waals surface area contributed by atoms with Crippen molar-refractivity contribution < 1.29 is 36.2 Å². The number of aryl methyl sites for hydroxylation is 1. The maximum atomic E-state index is 14.8. The van der Waals surface area contributed by atoms with Crippen molar-refractivity contribution in [3.05, 3.63) is 42.0 Å². The number of halogens is 5. The van der Waals surface area contributed by atoms with Crippen LogP contribution in [-0.2, 0) is 6.18 Å². The molecule has 186 valence electrons. The quantitative estimate of drug-likeness (QED) is 0.473. The van der Waals surface area contributed by atoms with Crippen LogP contribution in [0.2, 0.25) is 0 Å². The van der Waals surface area contributed by atoms with Crippen LogP contribution in [0.4, 0.5) is 27.8 Å². The lowest BCUT2D eigenvalue weighted by molar-refractivity contribution is -0.137. The van der Waals surface area contributed by atoms with E-state index in [0.717, 1.165) is 12.3 Å². The summed E-state index contributed by atoms with van der Waals surface area (Å²) in [6, 6.07) is 2.84. The van der Waals surface area contributed by atoms with Crippen molar-refractivity contribution in [2.45, 2.75) is 25.1 Å². The molecule has 4 heterocycles. The summed E-state index contributed by atoms with van der Waals surface area (Å²) in [7, 11) is 2.79. The van der Waals surface area contributed by atoms with Gasteiger partial charge in [0.2, 0.25) is 11.8 Å². The van der Waals surface area contributed by atoms with Gasteiger partial charge in [-0.15, -0.1) is 0 Å². The highest BCUT2D eigenvalue weighted by Gasteiger charge is 2.51. The maximum absolute atomic E-state index is 14.8. The highest BCUT2D eigenvalue weighted by molar-refractivity contribution is 5.67. The van der Waals surface area contributed by atoms with Crippen LogP contribution in [0.15, 0.2) is 30.6 Å². The fourth-order valence-corrected chi connectivity index (χ4v) is 3.48. The Morgan fingerprint density at radius 3 is 2.51 bits per heavy atom. The van der Waals surface area contributed by atoms with Crippen molar-refractivity contribution >= 4 is 5.82 Å². The highest BCUT2D eigenvalue weighted by Crippen LogP contribution is 2.36. The maximum Gasteiger partial charge on any atom is 0.416 e. The van der Waals surface area contributed by atoms with Crippen LogP contribution < -0.4 is 19.1 Å². The third-order valence-corrected chi connectivity index (χ3v) is 5.12. The predicted octanol–water partition coefficient (Wildman–Crippen LogP) is 3.58. The zero-order chi connectivity index (χ0) is 25.4. The summed E-state index contributed by atoms with van der Waals surface area (Å²) in [5, 5.41) is 0. The topological polar surface area (TPSA) is 95.4 Å². The molecule has 1 saturated heterocycles. The monoisotopic (exact) mass is 498 g/mol. The Balaban J connectivity index is 1.61. The van der Waals surface area contributed by atoms with E-state index in [1.54, 1.807) is 6.92 Å². The van der Waals surface area contributed by atoms with Crippen LogP contribution in [0.1, 0.15) is 11.4 Å². The molecule has 0 bridgehead atoms. The van der Waals surface area contributed by atoms with Crippen LogP contribution >= 0.6 is 0 Å². The number of methoxy groups -OCH3 is 2. The minimum atomic E-state index is -4.66. The van der Waals surface area contributed by atoms with Gasteiger partial charge in [-0.1, -0.05) is 0 Å². The largest absolute Gasteiger partial charge is 0.480 e. The summed E-state index contributed by atoms with van der Waals surface area (Å²) in [5.41, 5.74) is -0.349. The molecule has 0 unspecified atom stereocenters. The Kier molecular flexibility index (Phi) is 6.30. The SMILES string of the molecule is COc1ncc(-c2cc(N3C[C@H](Oc4cc(C(F)(F)F)ccn4)C(F)(F)C3)nc(C)n2)c(OC)n1. The molecule has 0 aliphatic carbocycles. The van der Waals surface area contributed by atoms with Gasteiger partial charge in [0.25, 0.3) is 0 Å². The first-order chi connectivity index (χ1) is 16.5. The zero-order valence-corrected chi connectivity index (χ0v) is 18.7. The van der Waals surface area contributed by atoms with Crippen molar-refractivity contribution in [2.75, 3.05) is 32.2 Å². The van der Waals surface area contributed by atoms with Gasteiger partial charge in [0, 0.05) is 24.5 Å². The van der Waals surface area contributed by atoms with Gasteiger partial charge in [0.1, 0.15) is 11.6 Å². The molecule has 0 radical (unpaired) electrons. The molecule has 9 nitrogen and oxygen atoms in total. The number of nitrogens with zero attached hydrogens (tertiary/aromatic N) is 6. The Hall–Kier alpha value is -3.84. The van der Waals surface area contributed by atoms with E-state index in [1.165, 1.54) is 31.4 Å². The minimum absolute atomic E-state index is 0.0685. The lowest BCUT2D eigenvalue weighted by atomic mass is 10.2. The molecule has 14 heteroatoms. The summed E-state index contributed by atoms with van der Waals surface area (Å²) in [6.07, 6.45) is -4.14. The molecule has 1 fully saturated rings. The molecule has 3 aromatic rings.